The highest BCUT2D eigenvalue weighted by molar-refractivity contribution is 5.76. The van der Waals surface area contributed by atoms with Crippen molar-refractivity contribution >= 4 is 5.91 Å². The SMILES string of the molecule is O=C(CCn1ccnc1)N1CCC[C@@H](c2ccnc(=O)[nH]2)C1. The van der Waals surface area contributed by atoms with Crippen molar-refractivity contribution in [2.24, 2.45) is 0 Å². The largest absolute Gasteiger partial charge is 0.345 e. The lowest BCUT2D eigenvalue weighted by Gasteiger charge is -2.32. The zero-order chi connectivity index (χ0) is 15.4. The summed E-state index contributed by atoms with van der Waals surface area (Å²) in [6, 6.07) is 1.82. The third-order valence-electron chi connectivity index (χ3n) is 4.05. The maximum absolute atomic E-state index is 12.3. The molecule has 1 aliphatic rings. The van der Waals surface area contributed by atoms with Gasteiger partial charge in [0.15, 0.2) is 0 Å². The van der Waals surface area contributed by atoms with Crippen LogP contribution in [0.2, 0.25) is 0 Å². The van der Waals surface area contributed by atoms with Crippen LogP contribution in [0, 0.1) is 0 Å². The highest BCUT2D eigenvalue weighted by atomic mass is 16.2. The molecule has 0 bridgehead atoms. The van der Waals surface area contributed by atoms with Crippen LogP contribution in [0.5, 0.6) is 0 Å². The Morgan fingerprint density at radius 1 is 1.41 bits per heavy atom. The van der Waals surface area contributed by atoms with Crippen LogP contribution in [-0.2, 0) is 11.3 Å². The number of aryl methyl sites for hydroxylation is 1. The second-order valence-electron chi connectivity index (χ2n) is 5.56. The van der Waals surface area contributed by atoms with E-state index < -0.39 is 0 Å². The summed E-state index contributed by atoms with van der Waals surface area (Å²) >= 11 is 0. The molecule has 1 fully saturated rings. The van der Waals surface area contributed by atoms with Gasteiger partial charge in [0, 0.05) is 56.3 Å². The van der Waals surface area contributed by atoms with Gasteiger partial charge in [-0.2, -0.15) is 0 Å². The molecule has 0 spiro atoms. The minimum atomic E-state index is -0.332. The number of H-pyrrole nitrogens is 1. The van der Waals surface area contributed by atoms with E-state index in [1.54, 1.807) is 12.5 Å². The quantitative estimate of drug-likeness (QED) is 0.903. The van der Waals surface area contributed by atoms with Gasteiger partial charge in [0.05, 0.1) is 6.33 Å². The maximum atomic E-state index is 12.3. The topological polar surface area (TPSA) is 83.9 Å². The molecule has 7 heteroatoms. The number of imidazole rings is 1. The first kappa shape index (κ1) is 14.5. The zero-order valence-corrected chi connectivity index (χ0v) is 12.3. The van der Waals surface area contributed by atoms with Crippen molar-refractivity contribution in [1.82, 2.24) is 24.4 Å². The Labute approximate surface area is 128 Å². The van der Waals surface area contributed by atoms with Crippen LogP contribution in [0.4, 0.5) is 0 Å². The smallest absolute Gasteiger partial charge is 0.342 e. The second-order valence-corrected chi connectivity index (χ2v) is 5.56. The van der Waals surface area contributed by atoms with Crippen molar-refractivity contribution in [3.05, 3.63) is 47.2 Å². The molecule has 22 heavy (non-hydrogen) atoms. The summed E-state index contributed by atoms with van der Waals surface area (Å²) in [6.07, 6.45) is 9.20. The van der Waals surface area contributed by atoms with Crippen molar-refractivity contribution < 1.29 is 4.79 Å². The fourth-order valence-electron chi connectivity index (χ4n) is 2.88. The molecule has 1 N–H and O–H groups in total. The number of hydrogen-bond acceptors (Lipinski definition) is 4. The van der Waals surface area contributed by atoms with Crippen LogP contribution in [0.3, 0.4) is 0 Å². The number of carbonyl (C=O) groups is 1. The van der Waals surface area contributed by atoms with Gasteiger partial charge in [0.1, 0.15) is 0 Å². The molecule has 0 unspecified atom stereocenters. The fraction of sp³-hybridized carbons (Fsp3) is 0.467. The summed E-state index contributed by atoms with van der Waals surface area (Å²) < 4.78 is 1.90. The highest BCUT2D eigenvalue weighted by Gasteiger charge is 2.25. The molecule has 2 aromatic heterocycles. The van der Waals surface area contributed by atoms with Gasteiger partial charge in [-0.05, 0) is 18.9 Å². The van der Waals surface area contributed by atoms with Crippen molar-refractivity contribution in [2.75, 3.05) is 13.1 Å². The van der Waals surface area contributed by atoms with E-state index in [0.29, 0.717) is 19.5 Å². The van der Waals surface area contributed by atoms with E-state index in [-0.39, 0.29) is 17.5 Å². The summed E-state index contributed by atoms with van der Waals surface area (Å²) in [7, 11) is 0. The highest BCUT2D eigenvalue weighted by Crippen LogP contribution is 2.25. The van der Waals surface area contributed by atoms with Gasteiger partial charge in [0.25, 0.3) is 0 Å². The number of aromatic amines is 1. The van der Waals surface area contributed by atoms with Gasteiger partial charge >= 0.3 is 5.69 Å². The Bertz CT molecular complexity index is 679. The summed E-state index contributed by atoms with van der Waals surface area (Å²) in [5.74, 6) is 0.330. The predicted octanol–water partition coefficient (Wildman–Crippen LogP) is 0.763. The Hall–Kier alpha value is -2.44. The molecule has 1 aliphatic heterocycles. The molecule has 3 rings (SSSR count). The lowest BCUT2D eigenvalue weighted by atomic mass is 9.94. The normalized spacial score (nSPS) is 18.4. The standard InChI is InChI=1S/C15H19N5O2/c21-14(4-8-19-9-6-16-11-19)20-7-1-2-12(10-20)13-3-5-17-15(22)18-13/h3,5-6,9,11-12H,1-2,4,7-8,10H2,(H,17,18,22)/t12-/m1/s1. The van der Waals surface area contributed by atoms with Crippen LogP contribution in [0.15, 0.2) is 35.8 Å². The number of likely N-dealkylation sites (tertiary alicyclic amines) is 1. The number of piperidine rings is 1. The third-order valence-corrected chi connectivity index (χ3v) is 4.05. The van der Waals surface area contributed by atoms with Gasteiger partial charge in [-0.3, -0.25) is 4.79 Å². The molecule has 0 aromatic carbocycles. The Balaban J connectivity index is 1.60. The zero-order valence-electron chi connectivity index (χ0n) is 12.3. The maximum Gasteiger partial charge on any atom is 0.345 e. The summed E-state index contributed by atoms with van der Waals surface area (Å²) in [5.41, 5.74) is 0.535. The molecule has 2 aromatic rings. The summed E-state index contributed by atoms with van der Waals surface area (Å²) in [6.45, 7) is 2.09. The van der Waals surface area contributed by atoms with Crippen molar-refractivity contribution in [2.45, 2.75) is 31.7 Å². The number of hydrogen-bond donors (Lipinski definition) is 1. The van der Waals surface area contributed by atoms with Crippen LogP contribution in [0.25, 0.3) is 0 Å². The number of amides is 1. The number of rotatable bonds is 4. The van der Waals surface area contributed by atoms with E-state index in [9.17, 15) is 9.59 Å². The average molecular weight is 301 g/mol. The Morgan fingerprint density at radius 2 is 2.32 bits per heavy atom. The van der Waals surface area contributed by atoms with Crippen LogP contribution in [-0.4, -0.2) is 43.4 Å². The molecule has 1 amide bonds. The van der Waals surface area contributed by atoms with Crippen molar-refractivity contribution in [3.8, 4) is 0 Å². The minimum absolute atomic E-state index is 0.148. The lowest BCUT2D eigenvalue weighted by Crippen LogP contribution is -2.39. The molecule has 7 nitrogen and oxygen atoms in total. The Morgan fingerprint density at radius 3 is 3.09 bits per heavy atom. The third kappa shape index (κ3) is 3.41. The van der Waals surface area contributed by atoms with Crippen LogP contribution >= 0.6 is 0 Å². The van der Waals surface area contributed by atoms with Crippen LogP contribution < -0.4 is 5.69 Å². The molecule has 1 atom stereocenters. The average Bonchev–Trinajstić information content (AvgIpc) is 3.06. The molecule has 1 saturated heterocycles. The molecular weight excluding hydrogens is 282 g/mol. The molecule has 0 aliphatic carbocycles. The molecule has 3 heterocycles. The Kier molecular flexibility index (Phi) is 4.32. The van der Waals surface area contributed by atoms with Crippen LogP contribution in [0.1, 0.15) is 30.9 Å². The first-order valence-electron chi connectivity index (χ1n) is 7.51. The number of nitrogens with one attached hydrogen (secondary N) is 1. The fourth-order valence-corrected chi connectivity index (χ4v) is 2.88. The lowest BCUT2D eigenvalue weighted by molar-refractivity contribution is -0.132. The van der Waals surface area contributed by atoms with Gasteiger partial charge in [-0.15, -0.1) is 0 Å². The molecule has 0 radical (unpaired) electrons. The number of carbonyl (C=O) groups excluding carboxylic acids is 1. The van der Waals surface area contributed by atoms with E-state index in [2.05, 4.69) is 15.0 Å². The second kappa shape index (κ2) is 6.55. The molecule has 116 valence electrons. The van der Waals surface area contributed by atoms with Gasteiger partial charge in [-0.25, -0.2) is 14.8 Å². The van der Waals surface area contributed by atoms with Crippen molar-refractivity contribution in [1.29, 1.82) is 0 Å². The van der Waals surface area contributed by atoms with Gasteiger partial charge in [0.2, 0.25) is 5.91 Å². The molecule has 0 saturated carbocycles. The van der Waals surface area contributed by atoms with Gasteiger partial charge < -0.3 is 14.5 Å². The molecular formula is C15H19N5O2. The van der Waals surface area contributed by atoms with E-state index >= 15 is 0 Å². The monoisotopic (exact) mass is 301 g/mol. The number of aromatic nitrogens is 4. The predicted molar refractivity (Wildman–Crippen MR) is 80.3 cm³/mol. The minimum Gasteiger partial charge on any atom is -0.342 e. The van der Waals surface area contributed by atoms with Crippen molar-refractivity contribution in [3.63, 3.8) is 0 Å². The summed E-state index contributed by atoms with van der Waals surface area (Å²) in [4.78, 5) is 36.0. The summed E-state index contributed by atoms with van der Waals surface area (Å²) in [5, 5.41) is 0. The van der Waals surface area contributed by atoms with E-state index in [4.69, 9.17) is 0 Å². The first-order chi connectivity index (χ1) is 10.7. The van der Waals surface area contributed by atoms with Gasteiger partial charge in [-0.1, -0.05) is 0 Å². The van der Waals surface area contributed by atoms with E-state index in [0.717, 1.165) is 25.1 Å². The first-order valence-corrected chi connectivity index (χ1v) is 7.51. The number of nitrogens with zero attached hydrogens (tertiary/aromatic N) is 4. The van der Waals surface area contributed by atoms with E-state index in [1.807, 2.05) is 21.7 Å². The van der Waals surface area contributed by atoms with E-state index in [1.165, 1.54) is 6.20 Å².